The Morgan fingerprint density at radius 3 is 2.10 bits per heavy atom. The van der Waals surface area contributed by atoms with Gasteiger partial charge in [-0.2, -0.15) is 5.26 Å². The number of nitrogens with zero attached hydrogens (tertiary/aromatic N) is 3. The lowest BCUT2D eigenvalue weighted by atomic mass is 10.3. The summed E-state index contributed by atoms with van der Waals surface area (Å²) in [5, 5.41) is 8.25. The van der Waals surface area contributed by atoms with Crippen LogP contribution in [0.3, 0.4) is 0 Å². The highest BCUT2D eigenvalue weighted by Gasteiger charge is 2.08. The molecular weight excluding hydrogens is 325 g/mol. The van der Waals surface area contributed by atoms with E-state index in [0.29, 0.717) is 0 Å². The Labute approximate surface area is 127 Å². The molecule has 0 spiro atoms. The number of hydrogen-bond acceptors (Lipinski definition) is 4. The number of amides is 1. The van der Waals surface area contributed by atoms with Crippen molar-refractivity contribution in [2.45, 2.75) is 0 Å². The highest BCUT2D eigenvalue weighted by Crippen LogP contribution is 2.12. The second-order valence-electron chi connectivity index (χ2n) is 3.46. The molecule has 0 aliphatic rings. The van der Waals surface area contributed by atoms with E-state index in [9.17, 15) is 13.6 Å². The van der Waals surface area contributed by atoms with Crippen molar-refractivity contribution in [3.05, 3.63) is 57.6 Å². The molecule has 21 heavy (non-hydrogen) atoms. The summed E-state index contributed by atoms with van der Waals surface area (Å²) in [5.74, 6) is -1.98. The van der Waals surface area contributed by atoms with Gasteiger partial charge in [-0.05, 0) is 12.1 Å². The fraction of sp³-hybridized carbons (Fsp3) is 0. The van der Waals surface area contributed by atoms with Gasteiger partial charge in [0.05, 0.1) is 23.5 Å². The molecule has 0 radical (unpaired) electrons. The minimum Gasteiger partial charge on any atom is -0.366 e. The summed E-state index contributed by atoms with van der Waals surface area (Å²) in [5.41, 5.74) is 4.81. The molecule has 0 aromatic carbocycles. The molecule has 2 aromatic rings. The summed E-state index contributed by atoms with van der Waals surface area (Å²) in [7, 11) is 0. The van der Waals surface area contributed by atoms with Crippen LogP contribution in [0.15, 0.2) is 24.5 Å². The number of pyridine rings is 2. The van der Waals surface area contributed by atoms with Crippen LogP contribution in [-0.4, -0.2) is 15.9 Å². The summed E-state index contributed by atoms with van der Waals surface area (Å²) in [4.78, 5) is 17.3. The highest BCUT2D eigenvalue weighted by atomic mass is 35.5. The number of hydrogen-bond donors (Lipinski definition) is 1. The summed E-state index contributed by atoms with van der Waals surface area (Å²) in [6.45, 7) is 0. The van der Waals surface area contributed by atoms with E-state index >= 15 is 0 Å². The zero-order valence-corrected chi connectivity index (χ0v) is 11.7. The predicted molar refractivity (Wildman–Crippen MR) is 71.6 cm³/mol. The number of aromatic nitrogens is 2. The summed E-state index contributed by atoms with van der Waals surface area (Å²) >= 11 is 10.8. The van der Waals surface area contributed by atoms with Crippen molar-refractivity contribution >= 4 is 29.1 Å². The summed E-state index contributed by atoms with van der Waals surface area (Å²) in [6, 6.07) is 3.68. The zero-order chi connectivity index (χ0) is 16.0. The quantitative estimate of drug-likeness (QED) is 0.813. The van der Waals surface area contributed by atoms with E-state index in [1.807, 2.05) is 0 Å². The van der Waals surface area contributed by atoms with Gasteiger partial charge in [-0.3, -0.25) is 4.79 Å². The highest BCUT2D eigenvalue weighted by molar-refractivity contribution is 6.32. The molecule has 2 heterocycles. The van der Waals surface area contributed by atoms with Crippen LogP contribution in [0.5, 0.6) is 0 Å². The molecule has 2 rings (SSSR count). The van der Waals surface area contributed by atoms with Crippen LogP contribution in [0, 0.1) is 23.0 Å². The largest absolute Gasteiger partial charge is 0.366 e. The molecule has 0 atom stereocenters. The van der Waals surface area contributed by atoms with Crippen LogP contribution < -0.4 is 5.73 Å². The van der Waals surface area contributed by atoms with Gasteiger partial charge in [-0.25, -0.2) is 18.7 Å². The van der Waals surface area contributed by atoms with Gasteiger partial charge in [0.2, 0.25) is 0 Å². The molecule has 0 fully saturated rings. The van der Waals surface area contributed by atoms with E-state index in [1.54, 1.807) is 6.07 Å². The van der Waals surface area contributed by atoms with Gasteiger partial charge >= 0.3 is 0 Å². The fourth-order valence-corrected chi connectivity index (χ4v) is 1.44. The van der Waals surface area contributed by atoms with Crippen molar-refractivity contribution in [3.8, 4) is 6.07 Å². The van der Waals surface area contributed by atoms with Crippen molar-refractivity contribution in [1.29, 1.82) is 5.26 Å². The van der Waals surface area contributed by atoms with Gasteiger partial charge in [0, 0.05) is 0 Å². The lowest BCUT2D eigenvalue weighted by molar-refractivity contribution is 0.0999. The first-order valence-corrected chi connectivity index (χ1v) is 5.92. The Balaban J connectivity index is 0.000000211. The molecule has 0 aliphatic carbocycles. The molecule has 9 heteroatoms. The lowest BCUT2D eigenvalue weighted by Gasteiger charge is -1.96. The van der Waals surface area contributed by atoms with Gasteiger partial charge in [0.25, 0.3) is 5.91 Å². The third kappa shape index (κ3) is 4.95. The third-order valence-electron chi connectivity index (χ3n) is 2.00. The zero-order valence-electron chi connectivity index (χ0n) is 10.1. The van der Waals surface area contributed by atoms with Crippen molar-refractivity contribution in [1.82, 2.24) is 9.97 Å². The van der Waals surface area contributed by atoms with Gasteiger partial charge in [0.15, 0.2) is 0 Å². The number of carbonyl (C=O) groups excluding carboxylic acids is 1. The second-order valence-corrected chi connectivity index (χ2v) is 4.18. The van der Waals surface area contributed by atoms with Gasteiger partial charge in [-0.1, -0.05) is 23.2 Å². The van der Waals surface area contributed by atoms with Crippen LogP contribution in [0.2, 0.25) is 10.3 Å². The van der Waals surface area contributed by atoms with Crippen LogP contribution in [0.4, 0.5) is 8.78 Å². The third-order valence-corrected chi connectivity index (χ3v) is 2.60. The molecule has 2 aromatic heterocycles. The number of halogens is 4. The van der Waals surface area contributed by atoms with Gasteiger partial charge in [-0.15, -0.1) is 0 Å². The van der Waals surface area contributed by atoms with E-state index < -0.39 is 17.5 Å². The van der Waals surface area contributed by atoms with Crippen LogP contribution in [0.1, 0.15) is 15.9 Å². The average molecular weight is 331 g/mol. The number of nitrogens with two attached hydrogens (primary N) is 1. The maximum Gasteiger partial charge on any atom is 0.251 e. The van der Waals surface area contributed by atoms with Gasteiger partial charge < -0.3 is 5.73 Å². The number of nitriles is 1. The Hall–Kier alpha value is -2.30. The average Bonchev–Trinajstić information content (AvgIpc) is 2.44. The Morgan fingerprint density at radius 2 is 1.67 bits per heavy atom. The van der Waals surface area contributed by atoms with E-state index in [1.165, 1.54) is 0 Å². The predicted octanol–water partition coefficient (Wildman–Crippen LogP) is 2.72. The fourth-order valence-electron chi connectivity index (χ4n) is 1.10. The SMILES string of the molecule is N#Cc1cc(F)cnc1Cl.NC(=O)c1cc(F)cnc1Cl. The molecule has 0 unspecified atom stereocenters. The van der Waals surface area contributed by atoms with Crippen LogP contribution in [-0.2, 0) is 0 Å². The van der Waals surface area contributed by atoms with Crippen molar-refractivity contribution in [2.75, 3.05) is 0 Å². The molecule has 5 nitrogen and oxygen atoms in total. The maximum atomic E-state index is 12.4. The van der Waals surface area contributed by atoms with E-state index in [0.717, 1.165) is 24.5 Å². The maximum absolute atomic E-state index is 12.4. The van der Waals surface area contributed by atoms with Crippen LogP contribution >= 0.6 is 23.2 Å². The molecule has 0 bridgehead atoms. The van der Waals surface area contributed by atoms with Crippen molar-refractivity contribution in [3.63, 3.8) is 0 Å². The topological polar surface area (TPSA) is 92.7 Å². The minimum absolute atomic E-state index is 0.0314. The molecule has 0 aliphatic heterocycles. The first-order chi connectivity index (χ1) is 9.85. The van der Waals surface area contributed by atoms with Crippen molar-refractivity contribution < 1.29 is 13.6 Å². The lowest BCUT2D eigenvalue weighted by Crippen LogP contribution is -2.12. The number of rotatable bonds is 1. The molecule has 108 valence electrons. The number of primary amides is 1. The van der Waals surface area contributed by atoms with E-state index in [-0.39, 0.29) is 21.4 Å². The Kier molecular flexibility index (Phi) is 5.96. The molecular formula is C12H6Cl2F2N4O. The first kappa shape index (κ1) is 16.8. The molecule has 2 N–H and O–H groups in total. The first-order valence-electron chi connectivity index (χ1n) is 5.17. The van der Waals surface area contributed by atoms with Crippen molar-refractivity contribution in [2.24, 2.45) is 5.73 Å². The monoisotopic (exact) mass is 330 g/mol. The molecule has 0 saturated heterocycles. The second kappa shape index (κ2) is 7.47. The molecule has 1 amide bonds. The summed E-state index contributed by atoms with van der Waals surface area (Å²) in [6.07, 6.45) is 1.87. The number of carbonyl (C=O) groups is 1. The smallest absolute Gasteiger partial charge is 0.251 e. The normalized spacial score (nSPS) is 9.29. The van der Waals surface area contributed by atoms with Crippen LogP contribution in [0.25, 0.3) is 0 Å². The van der Waals surface area contributed by atoms with E-state index in [4.69, 9.17) is 34.2 Å². The minimum atomic E-state index is -0.790. The Morgan fingerprint density at radius 1 is 1.14 bits per heavy atom. The van der Waals surface area contributed by atoms with E-state index in [2.05, 4.69) is 9.97 Å². The van der Waals surface area contributed by atoms with Gasteiger partial charge in [0.1, 0.15) is 28.0 Å². The summed E-state index contributed by atoms with van der Waals surface area (Å²) < 4.78 is 24.6. The molecule has 0 saturated carbocycles. The standard InChI is InChI=1S/C6H4ClFN2O.C6H2ClFN2/c7-5-4(6(9)11)1-3(8)2-10-5;7-6-4(2-9)1-5(8)3-10-6/h1-2H,(H2,9,11);1,3H. The Bertz CT molecular complexity index is 719.